The molecule has 0 spiro atoms. The summed E-state index contributed by atoms with van der Waals surface area (Å²) in [6.45, 7) is 3.61. The van der Waals surface area contributed by atoms with Crippen LogP contribution >= 0.6 is 0 Å². The normalized spacial score (nSPS) is 16.8. The Morgan fingerprint density at radius 3 is 2.94 bits per heavy atom. The molecular formula is C10H14N4O2. The molecule has 0 atom stereocenters. The van der Waals surface area contributed by atoms with Crippen LogP contribution in [0.25, 0.3) is 0 Å². The van der Waals surface area contributed by atoms with Gasteiger partial charge in [0, 0.05) is 32.1 Å². The molecule has 0 saturated carbocycles. The van der Waals surface area contributed by atoms with Crippen LogP contribution in [-0.4, -0.2) is 35.5 Å². The Morgan fingerprint density at radius 2 is 2.19 bits per heavy atom. The van der Waals surface area contributed by atoms with Crippen LogP contribution in [0.5, 0.6) is 0 Å². The first kappa shape index (κ1) is 10.7. The average molecular weight is 222 g/mol. The van der Waals surface area contributed by atoms with Gasteiger partial charge in [-0.15, -0.1) is 0 Å². The molecular weight excluding hydrogens is 208 g/mol. The van der Waals surface area contributed by atoms with Crippen LogP contribution in [0.3, 0.4) is 0 Å². The number of hydrogen-bond donors (Lipinski definition) is 2. The lowest BCUT2D eigenvalue weighted by molar-refractivity contribution is -0.120. The molecule has 0 aromatic carbocycles. The highest BCUT2D eigenvalue weighted by Crippen LogP contribution is 2.09. The Balaban J connectivity index is 2.22. The fourth-order valence-electron chi connectivity index (χ4n) is 1.72. The first-order valence-corrected chi connectivity index (χ1v) is 5.25. The van der Waals surface area contributed by atoms with E-state index in [9.17, 15) is 9.59 Å². The second-order valence-corrected chi connectivity index (χ2v) is 3.78. The molecule has 2 heterocycles. The molecule has 2 N–H and O–H groups in total. The minimum atomic E-state index is -0.161. The highest BCUT2D eigenvalue weighted by molar-refractivity contribution is 5.77. The van der Waals surface area contributed by atoms with Gasteiger partial charge in [0.1, 0.15) is 11.6 Å². The number of carbonyl (C=O) groups is 1. The number of H-pyrrole nitrogens is 1. The fourth-order valence-corrected chi connectivity index (χ4v) is 1.72. The Bertz CT molecular complexity index is 454. The van der Waals surface area contributed by atoms with Crippen molar-refractivity contribution in [3.05, 3.63) is 22.2 Å². The van der Waals surface area contributed by atoms with Crippen LogP contribution in [0.15, 0.2) is 10.9 Å². The van der Waals surface area contributed by atoms with E-state index in [1.807, 2.05) is 4.90 Å². The minimum Gasteiger partial charge on any atom is -0.354 e. The molecule has 1 aromatic rings. The van der Waals surface area contributed by atoms with Gasteiger partial charge in [0.25, 0.3) is 5.56 Å². The first-order valence-electron chi connectivity index (χ1n) is 5.25. The summed E-state index contributed by atoms with van der Waals surface area (Å²) in [6.07, 6.45) is 0.438. The Labute approximate surface area is 92.7 Å². The van der Waals surface area contributed by atoms with E-state index in [4.69, 9.17) is 0 Å². The summed E-state index contributed by atoms with van der Waals surface area (Å²) in [6, 6.07) is 1.46. The number of aryl methyl sites for hydroxylation is 1. The molecule has 0 aliphatic carbocycles. The summed E-state index contributed by atoms with van der Waals surface area (Å²) in [5, 5.41) is 2.78. The van der Waals surface area contributed by atoms with Gasteiger partial charge < -0.3 is 15.2 Å². The van der Waals surface area contributed by atoms with Gasteiger partial charge in [-0.1, -0.05) is 0 Å². The maximum atomic E-state index is 11.3. The van der Waals surface area contributed by atoms with Crippen molar-refractivity contribution in [2.45, 2.75) is 13.3 Å². The van der Waals surface area contributed by atoms with Crippen LogP contribution in [0.2, 0.25) is 0 Å². The molecule has 1 aliphatic rings. The highest BCUT2D eigenvalue weighted by atomic mass is 16.1. The summed E-state index contributed by atoms with van der Waals surface area (Å²) < 4.78 is 0. The van der Waals surface area contributed by atoms with Crippen LogP contribution in [0, 0.1) is 6.92 Å². The molecule has 16 heavy (non-hydrogen) atoms. The number of amides is 1. The largest absolute Gasteiger partial charge is 0.354 e. The van der Waals surface area contributed by atoms with Crippen molar-refractivity contribution in [1.29, 1.82) is 0 Å². The molecule has 2 rings (SSSR count). The molecule has 0 radical (unpaired) electrons. The predicted octanol–water partition coefficient (Wildman–Crippen LogP) is -0.595. The van der Waals surface area contributed by atoms with Crippen molar-refractivity contribution in [3.8, 4) is 0 Å². The van der Waals surface area contributed by atoms with Gasteiger partial charge in [-0.3, -0.25) is 9.59 Å². The van der Waals surface area contributed by atoms with E-state index in [0.717, 1.165) is 0 Å². The van der Waals surface area contributed by atoms with Gasteiger partial charge in [-0.25, -0.2) is 4.98 Å². The second kappa shape index (κ2) is 4.34. The Kier molecular flexibility index (Phi) is 2.89. The smallest absolute Gasteiger partial charge is 0.252 e. The van der Waals surface area contributed by atoms with Gasteiger partial charge in [0.2, 0.25) is 5.91 Å². The van der Waals surface area contributed by atoms with Crippen molar-refractivity contribution >= 4 is 11.7 Å². The molecule has 86 valence electrons. The topological polar surface area (TPSA) is 78.1 Å². The van der Waals surface area contributed by atoms with Gasteiger partial charge in [-0.05, 0) is 6.92 Å². The first-order chi connectivity index (χ1) is 7.65. The Morgan fingerprint density at radius 1 is 1.38 bits per heavy atom. The van der Waals surface area contributed by atoms with E-state index in [0.29, 0.717) is 37.7 Å². The van der Waals surface area contributed by atoms with Crippen molar-refractivity contribution in [2.24, 2.45) is 0 Å². The van der Waals surface area contributed by atoms with Crippen LogP contribution < -0.4 is 15.8 Å². The van der Waals surface area contributed by atoms with E-state index < -0.39 is 0 Å². The summed E-state index contributed by atoms with van der Waals surface area (Å²) in [7, 11) is 0. The lowest BCUT2D eigenvalue weighted by atomic mass is 10.3. The molecule has 1 aliphatic heterocycles. The number of carbonyl (C=O) groups excluding carboxylic acids is 1. The summed E-state index contributed by atoms with van der Waals surface area (Å²) >= 11 is 0. The molecule has 6 nitrogen and oxygen atoms in total. The maximum Gasteiger partial charge on any atom is 0.252 e. The fraction of sp³-hybridized carbons (Fsp3) is 0.500. The number of aromatic amines is 1. The molecule has 1 fully saturated rings. The lowest BCUT2D eigenvalue weighted by Gasteiger charge is -2.20. The summed E-state index contributed by atoms with van der Waals surface area (Å²) in [4.78, 5) is 31.3. The number of hydrogen-bond acceptors (Lipinski definition) is 4. The molecule has 1 aromatic heterocycles. The van der Waals surface area contributed by atoms with E-state index in [1.54, 1.807) is 6.92 Å². The summed E-state index contributed by atoms with van der Waals surface area (Å²) in [5.41, 5.74) is -0.161. The van der Waals surface area contributed by atoms with Gasteiger partial charge in [-0.2, -0.15) is 0 Å². The number of nitrogens with zero attached hydrogens (tertiary/aromatic N) is 2. The second-order valence-electron chi connectivity index (χ2n) is 3.78. The lowest BCUT2D eigenvalue weighted by Crippen LogP contribution is -2.30. The third-order valence-corrected chi connectivity index (χ3v) is 2.48. The van der Waals surface area contributed by atoms with Gasteiger partial charge >= 0.3 is 0 Å². The third-order valence-electron chi connectivity index (χ3n) is 2.48. The van der Waals surface area contributed by atoms with Crippen LogP contribution in [0.1, 0.15) is 12.2 Å². The molecule has 6 heteroatoms. The summed E-state index contributed by atoms with van der Waals surface area (Å²) in [5.74, 6) is 1.27. The number of rotatable bonds is 1. The predicted molar refractivity (Wildman–Crippen MR) is 59.4 cm³/mol. The zero-order valence-corrected chi connectivity index (χ0v) is 9.12. The van der Waals surface area contributed by atoms with Crippen molar-refractivity contribution in [1.82, 2.24) is 15.3 Å². The van der Waals surface area contributed by atoms with E-state index >= 15 is 0 Å². The molecule has 0 unspecified atom stereocenters. The maximum absolute atomic E-state index is 11.3. The van der Waals surface area contributed by atoms with E-state index in [1.165, 1.54) is 6.07 Å². The monoisotopic (exact) mass is 222 g/mol. The van der Waals surface area contributed by atoms with Crippen molar-refractivity contribution in [2.75, 3.05) is 24.5 Å². The van der Waals surface area contributed by atoms with Crippen molar-refractivity contribution < 1.29 is 4.79 Å². The number of anilines is 1. The number of nitrogens with one attached hydrogen (secondary N) is 2. The quantitative estimate of drug-likeness (QED) is 0.665. The minimum absolute atomic E-state index is 0.0454. The number of aromatic nitrogens is 2. The van der Waals surface area contributed by atoms with Gasteiger partial charge in [0.15, 0.2) is 0 Å². The van der Waals surface area contributed by atoms with Crippen LogP contribution in [-0.2, 0) is 4.79 Å². The standard InChI is InChI=1S/C10H14N4O2/c1-7-12-8(6-10(16)13-7)14-4-2-9(15)11-3-5-14/h6H,2-5H2,1H3,(H,11,15)(H,12,13,16). The molecule has 0 bridgehead atoms. The zero-order chi connectivity index (χ0) is 11.5. The van der Waals surface area contributed by atoms with Crippen molar-refractivity contribution in [3.63, 3.8) is 0 Å². The van der Waals surface area contributed by atoms with E-state index in [2.05, 4.69) is 15.3 Å². The SMILES string of the molecule is Cc1nc(N2CCNC(=O)CC2)cc(=O)[nH]1. The molecule has 1 amide bonds. The highest BCUT2D eigenvalue weighted by Gasteiger charge is 2.15. The third kappa shape index (κ3) is 2.39. The zero-order valence-electron chi connectivity index (χ0n) is 9.12. The average Bonchev–Trinajstić information content (AvgIpc) is 2.41. The van der Waals surface area contributed by atoms with Crippen LogP contribution in [0.4, 0.5) is 5.82 Å². The van der Waals surface area contributed by atoms with Gasteiger partial charge in [0.05, 0.1) is 0 Å². The molecule has 1 saturated heterocycles. The Hall–Kier alpha value is -1.85. The van der Waals surface area contributed by atoms with E-state index in [-0.39, 0.29) is 11.5 Å².